The molecule has 126 valence electrons. The second kappa shape index (κ2) is 6.25. The van der Waals surface area contributed by atoms with Gasteiger partial charge in [0.25, 0.3) is 5.91 Å². The van der Waals surface area contributed by atoms with Crippen molar-refractivity contribution in [3.8, 4) is 11.8 Å². The lowest BCUT2D eigenvalue weighted by Crippen LogP contribution is -2.51. The van der Waals surface area contributed by atoms with Crippen LogP contribution in [-0.2, 0) is 6.42 Å². The van der Waals surface area contributed by atoms with Crippen molar-refractivity contribution >= 4 is 5.91 Å². The Morgan fingerprint density at radius 1 is 1.08 bits per heavy atom. The second-order valence-electron chi connectivity index (χ2n) is 6.88. The molecule has 0 aliphatic carbocycles. The molecule has 1 saturated heterocycles. The van der Waals surface area contributed by atoms with E-state index in [1.54, 1.807) is 24.3 Å². The third kappa shape index (κ3) is 2.98. The van der Waals surface area contributed by atoms with Crippen LogP contribution < -0.4 is 4.74 Å². The highest BCUT2D eigenvalue weighted by atomic mass is 16.5. The lowest BCUT2D eigenvalue weighted by Gasteiger charge is -2.44. The fourth-order valence-electron chi connectivity index (χ4n) is 3.83. The molecule has 4 heteroatoms. The normalized spacial score (nSPS) is 18.1. The minimum absolute atomic E-state index is 0.00293. The van der Waals surface area contributed by atoms with Crippen molar-refractivity contribution < 1.29 is 9.53 Å². The van der Waals surface area contributed by atoms with Gasteiger partial charge in [-0.2, -0.15) is 5.26 Å². The van der Waals surface area contributed by atoms with Crippen LogP contribution in [0, 0.1) is 11.3 Å². The number of benzene rings is 2. The summed E-state index contributed by atoms with van der Waals surface area (Å²) in [6.45, 7) is 1.38. The number of carbonyl (C=O) groups is 1. The van der Waals surface area contributed by atoms with E-state index in [1.165, 1.54) is 5.56 Å². The molecule has 2 heterocycles. The summed E-state index contributed by atoms with van der Waals surface area (Å²) in [5.74, 6) is 0.999. The highest BCUT2D eigenvalue weighted by Gasteiger charge is 2.40. The minimum atomic E-state index is -0.139. The zero-order valence-corrected chi connectivity index (χ0v) is 14.1. The van der Waals surface area contributed by atoms with Gasteiger partial charge in [-0.3, -0.25) is 4.79 Å². The van der Waals surface area contributed by atoms with E-state index in [1.807, 2.05) is 17.0 Å². The van der Waals surface area contributed by atoms with Gasteiger partial charge in [-0.05, 0) is 42.7 Å². The molecule has 0 radical (unpaired) electrons. The lowest BCUT2D eigenvalue weighted by molar-refractivity contribution is -0.0106. The van der Waals surface area contributed by atoms with E-state index in [0.717, 1.165) is 31.4 Å². The third-order valence-corrected chi connectivity index (χ3v) is 5.35. The number of aryl methyl sites for hydroxylation is 1. The van der Waals surface area contributed by atoms with Gasteiger partial charge in [-0.25, -0.2) is 0 Å². The van der Waals surface area contributed by atoms with Gasteiger partial charge in [0.1, 0.15) is 11.4 Å². The first kappa shape index (κ1) is 15.7. The van der Waals surface area contributed by atoms with Gasteiger partial charge in [-0.15, -0.1) is 0 Å². The average molecular weight is 332 g/mol. The number of fused-ring (bicyclic) bond motifs is 1. The van der Waals surface area contributed by atoms with Crippen LogP contribution in [-0.4, -0.2) is 29.5 Å². The molecule has 4 rings (SSSR count). The predicted molar refractivity (Wildman–Crippen MR) is 94.4 cm³/mol. The maximum Gasteiger partial charge on any atom is 0.253 e. The Labute approximate surface area is 147 Å². The van der Waals surface area contributed by atoms with Crippen LogP contribution in [0.4, 0.5) is 0 Å². The Bertz CT molecular complexity index is 845. The molecule has 25 heavy (non-hydrogen) atoms. The SMILES string of the molecule is N#Cc1cccc(C(=O)N2CCC3(CCc4ccccc4O3)CC2)c1. The first-order chi connectivity index (χ1) is 12.2. The molecule has 1 fully saturated rings. The zero-order valence-electron chi connectivity index (χ0n) is 14.1. The van der Waals surface area contributed by atoms with Crippen molar-refractivity contribution in [2.75, 3.05) is 13.1 Å². The zero-order chi connectivity index (χ0) is 17.3. The third-order valence-electron chi connectivity index (χ3n) is 5.35. The molecule has 0 unspecified atom stereocenters. The summed E-state index contributed by atoms with van der Waals surface area (Å²) in [5, 5.41) is 9.01. The molecular formula is C21H20N2O2. The predicted octanol–water partition coefficient (Wildman–Crippen LogP) is 3.56. The van der Waals surface area contributed by atoms with Crippen LogP contribution in [0.15, 0.2) is 48.5 Å². The van der Waals surface area contributed by atoms with Crippen molar-refractivity contribution in [3.63, 3.8) is 0 Å². The Kier molecular flexibility index (Phi) is 3.93. The topological polar surface area (TPSA) is 53.3 Å². The van der Waals surface area contributed by atoms with Gasteiger partial charge in [0, 0.05) is 31.5 Å². The van der Waals surface area contributed by atoms with Gasteiger partial charge in [-0.1, -0.05) is 24.3 Å². The van der Waals surface area contributed by atoms with E-state index < -0.39 is 0 Å². The van der Waals surface area contributed by atoms with E-state index in [4.69, 9.17) is 10.00 Å². The van der Waals surface area contributed by atoms with E-state index in [-0.39, 0.29) is 11.5 Å². The fourth-order valence-corrected chi connectivity index (χ4v) is 3.83. The minimum Gasteiger partial charge on any atom is -0.487 e. The molecule has 2 aromatic rings. The Hall–Kier alpha value is -2.80. The van der Waals surface area contributed by atoms with Gasteiger partial charge in [0.05, 0.1) is 11.6 Å². The highest BCUT2D eigenvalue weighted by Crippen LogP contribution is 2.39. The summed E-state index contributed by atoms with van der Waals surface area (Å²) in [7, 11) is 0. The highest BCUT2D eigenvalue weighted by molar-refractivity contribution is 5.94. The molecule has 2 aliphatic heterocycles. The summed E-state index contributed by atoms with van der Waals surface area (Å²) in [6.07, 6.45) is 3.75. The van der Waals surface area contributed by atoms with Crippen LogP contribution in [0.3, 0.4) is 0 Å². The van der Waals surface area contributed by atoms with Crippen LogP contribution in [0.25, 0.3) is 0 Å². The number of amides is 1. The summed E-state index contributed by atoms with van der Waals surface area (Å²) in [4.78, 5) is 14.6. The number of nitrogens with zero attached hydrogens (tertiary/aromatic N) is 2. The lowest BCUT2D eigenvalue weighted by atomic mass is 9.83. The summed E-state index contributed by atoms with van der Waals surface area (Å²) < 4.78 is 6.35. The Morgan fingerprint density at radius 3 is 2.68 bits per heavy atom. The smallest absolute Gasteiger partial charge is 0.253 e. The maximum atomic E-state index is 12.7. The molecule has 0 aromatic heterocycles. The molecule has 1 spiro atoms. The van der Waals surface area contributed by atoms with Gasteiger partial charge >= 0.3 is 0 Å². The van der Waals surface area contributed by atoms with Crippen molar-refractivity contribution in [1.82, 2.24) is 4.90 Å². The summed E-state index contributed by atoms with van der Waals surface area (Å²) in [5.41, 5.74) is 2.25. The number of likely N-dealkylation sites (tertiary alicyclic amines) is 1. The Morgan fingerprint density at radius 2 is 1.88 bits per heavy atom. The largest absolute Gasteiger partial charge is 0.487 e. The van der Waals surface area contributed by atoms with Crippen LogP contribution in [0.2, 0.25) is 0 Å². The number of hydrogen-bond donors (Lipinski definition) is 0. The second-order valence-corrected chi connectivity index (χ2v) is 6.88. The molecule has 0 N–H and O–H groups in total. The summed E-state index contributed by atoms with van der Waals surface area (Å²) >= 11 is 0. The molecular weight excluding hydrogens is 312 g/mol. The number of piperidine rings is 1. The molecule has 0 bridgehead atoms. The van der Waals surface area contributed by atoms with Gasteiger partial charge < -0.3 is 9.64 Å². The number of nitriles is 1. The van der Waals surface area contributed by atoms with Crippen molar-refractivity contribution in [2.24, 2.45) is 0 Å². The molecule has 0 saturated carbocycles. The Balaban J connectivity index is 1.45. The van der Waals surface area contributed by atoms with Gasteiger partial charge in [0.2, 0.25) is 0 Å². The van der Waals surface area contributed by atoms with E-state index in [0.29, 0.717) is 24.2 Å². The molecule has 4 nitrogen and oxygen atoms in total. The van der Waals surface area contributed by atoms with Crippen molar-refractivity contribution in [3.05, 3.63) is 65.2 Å². The number of hydrogen-bond acceptors (Lipinski definition) is 3. The maximum absolute atomic E-state index is 12.7. The quantitative estimate of drug-likeness (QED) is 0.802. The standard InChI is InChI=1S/C21H20N2O2/c22-15-16-4-3-6-18(14-16)20(24)23-12-10-21(11-13-23)9-8-17-5-1-2-7-19(17)25-21/h1-7,14H,8-13H2. The first-order valence-corrected chi connectivity index (χ1v) is 8.75. The van der Waals surface area contributed by atoms with Crippen molar-refractivity contribution in [1.29, 1.82) is 5.26 Å². The molecule has 0 atom stereocenters. The number of rotatable bonds is 1. The first-order valence-electron chi connectivity index (χ1n) is 8.75. The summed E-state index contributed by atoms with van der Waals surface area (Å²) in [6, 6.07) is 17.3. The fraction of sp³-hybridized carbons (Fsp3) is 0.333. The number of ether oxygens (including phenoxy) is 1. The molecule has 2 aliphatic rings. The monoisotopic (exact) mass is 332 g/mol. The average Bonchev–Trinajstić information content (AvgIpc) is 2.68. The number of para-hydroxylation sites is 1. The van der Waals surface area contributed by atoms with E-state index in [9.17, 15) is 4.79 Å². The number of carbonyl (C=O) groups excluding carboxylic acids is 1. The van der Waals surface area contributed by atoms with Crippen LogP contribution in [0.1, 0.15) is 40.7 Å². The van der Waals surface area contributed by atoms with Crippen LogP contribution >= 0.6 is 0 Å². The van der Waals surface area contributed by atoms with Crippen molar-refractivity contribution in [2.45, 2.75) is 31.3 Å². The van der Waals surface area contributed by atoms with E-state index in [2.05, 4.69) is 18.2 Å². The molecule has 2 aromatic carbocycles. The van der Waals surface area contributed by atoms with Gasteiger partial charge in [0.15, 0.2) is 0 Å². The van der Waals surface area contributed by atoms with E-state index >= 15 is 0 Å². The van der Waals surface area contributed by atoms with Crippen LogP contribution in [0.5, 0.6) is 5.75 Å². The molecule has 1 amide bonds.